The molecule has 3 atom stereocenters. The third-order valence-electron chi connectivity index (χ3n) is 4.67. The number of amides is 1. The maximum atomic E-state index is 11.5. The number of nitrogens with zero attached hydrogens (tertiary/aromatic N) is 1. The first-order valence-corrected chi connectivity index (χ1v) is 7.38. The fraction of sp³-hybridized carbons (Fsp3) is 0.929. The lowest BCUT2D eigenvalue weighted by Gasteiger charge is -2.41. The van der Waals surface area contributed by atoms with Gasteiger partial charge in [-0.3, -0.25) is 4.79 Å². The van der Waals surface area contributed by atoms with Crippen molar-refractivity contribution < 1.29 is 9.53 Å². The standard InChI is InChI=1S/C14H27N3O2/c1-17(9-11-4-3-7-19-10-11)12-5-2-6-14(16,8-12)13(15)18/h11-12H,2-10,16H2,1H3,(H2,15,18). The fourth-order valence-corrected chi connectivity index (χ4v) is 3.39. The molecule has 110 valence electrons. The summed E-state index contributed by atoms with van der Waals surface area (Å²) in [6, 6.07) is 0.369. The summed E-state index contributed by atoms with van der Waals surface area (Å²) >= 11 is 0. The second-order valence-electron chi connectivity index (χ2n) is 6.29. The van der Waals surface area contributed by atoms with E-state index >= 15 is 0 Å². The van der Waals surface area contributed by atoms with Gasteiger partial charge in [-0.15, -0.1) is 0 Å². The van der Waals surface area contributed by atoms with Crippen LogP contribution in [-0.4, -0.2) is 49.2 Å². The Hall–Kier alpha value is -0.650. The molecule has 1 saturated heterocycles. The normalized spacial score (nSPS) is 36.4. The molecule has 0 aromatic heterocycles. The lowest BCUT2D eigenvalue weighted by molar-refractivity contribution is -0.125. The molecular weight excluding hydrogens is 242 g/mol. The number of hydrogen-bond donors (Lipinski definition) is 2. The number of rotatable bonds is 4. The van der Waals surface area contributed by atoms with E-state index in [1.807, 2.05) is 0 Å². The molecule has 0 aromatic carbocycles. The van der Waals surface area contributed by atoms with Crippen LogP contribution in [0.25, 0.3) is 0 Å². The van der Waals surface area contributed by atoms with Crippen LogP contribution in [0.1, 0.15) is 38.5 Å². The van der Waals surface area contributed by atoms with Gasteiger partial charge >= 0.3 is 0 Å². The Balaban J connectivity index is 1.87. The number of carbonyl (C=O) groups excluding carboxylic acids is 1. The summed E-state index contributed by atoms with van der Waals surface area (Å²) in [5.74, 6) is 0.257. The molecule has 19 heavy (non-hydrogen) atoms. The number of primary amides is 1. The minimum absolute atomic E-state index is 0.355. The summed E-state index contributed by atoms with van der Waals surface area (Å²) in [6.07, 6.45) is 5.89. The SMILES string of the molecule is CN(CC1CCCOC1)C1CCCC(N)(C(N)=O)C1. The highest BCUT2D eigenvalue weighted by Crippen LogP contribution is 2.29. The van der Waals surface area contributed by atoms with Crippen molar-refractivity contribution in [1.82, 2.24) is 4.90 Å². The molecule has 5 nitrogen and oxygen atoms in total. The van der Waals surface area contributed by atoms with Gasteiger partial charge in [-0.1, -0.05) is 0 Å². The molecule has 4 N–H and O–H groups in total. The number of nitrogens with two attached hydrogens (primary N) is 2. The van der Waals surface area contributed by atoms with Crippen LogP contribution in [0.3, 0.4) is 0 Å². The van der Waals surface area contributed by atoms with E-state index in [-0.39, 0.29) is 5.91 Å². The van der Waals surface area contributed by atoms with Gasteiger partial charge in [0.1, 0.15) is 0 Å². The van der Waals surface area contributed by atoms with Crippen LogP contribution in [-0.2, 0) is 9.53 Å². The smallest absolute Gasteiger partial charge is 0.237 e. The van der Waals surface area contributed by atoms with Gasteiger partial charge in [-0.25, -0.2) is 0 Å². The molecule has 3 unspecified atom stereocenters. The molecule has 1 saturated carbocycles. The summed E-state index contributed by atoms with van der Waals surface area (Å²) in [4.78, 5) is 13.8. The fourth-order valence-electron chi connectivity index (χ4n) is 3.39. The van der Waals surface area contributed by atoms with Gasteiger partial charge < -0.3 is 21.1 Å². The minimum Gasteiger partial charge on any atom is -0.381 e. The van der Waals surface area contributed by atoms with E-state index in [1.165, 1.54) is 6.42 Å². The number of ether oxygens (including phenoxy) is 1. The maximum absolute atomic E-state index is 11.5. The largest absolute Gasteiger partial charge is 0.381 e. The van der Waals surface area contributed by atoms with Crippen LogP contribution < -0.4 is 11.5 Å². The molecule has 2 fully saturated rings. The van der Waals surface area contributed by atoms with Crippen LogP contribution in [0.15, 0.2) is 0 Å². The van der Waals surface area contributed by atoms with Crippen LogP contribution in [0.2, 0.25) is 0 Å². The van der Waals surface area contributed by atoms with Gasteiger partial charge in [0.15, 0.2) is 0 Å². The lowest BCUT2D eigenvalue weighted by Crippen LogP contribution is -2.58. The molecule has 0 aromatic rings. The van der Waals surface area contributed by atoms with Gasteiger partial charge in [-0.05, 0) is 51.5 Å². The van der Waals surface area contributed by atoms with Crippen molar-refractivity contribution >= 4 is 5.91 Å². The molecule has 5 heteroatoms. The molecule has 1 aliphatic carbocycles. The molecular formula is C14H27N3O2. The van der Waals surface area contributed by atoms with Crippen molar-refractivity contribution in [3.8, 4) is 0 Å². The molecule has 0 spiro atoms. The van der Waals surface area contributed by atoms with Gasteiger partial charge in [-0.2, -0.15) is 0 Å². The predicted octanol–water partition coefficient (Wildman–Crippen LogP) is 0.470. The van der Waals surface area contributed by atoms with E-state index in [9.17, 15) is 4.79 Å². The average molecular weight is 269 g/mol. The zero-order chi connectivity index (χ0) is 13.9. The second-order valence-corrected chi connectivity index (χ2v) is 6.29. The second kappa shape index (κ2) is 6.20. The minimum atomic E-state index is -0.805. The summed E-state index contributed by atoms with van der Waals surface area (Å²) in [5, 5.41) is 0. The topological polar surface area (TPSA) is 81.6 Å². The highest BCUT2D eigenvalue weighted by Gasteiger charge is 2.39. The van der Waals surface area contributed by atoms with Crippen molar-refractivity contribution in [2.75, 3.05) is 26.8 Å². The molecule has 2 aliphatic rings. The van der Waals surface area contributed by atoms with E-state index in [1.54, 1.807) is 0 Å². The van der Waals surface area contributed by atoms with E-state index in [0.717, 1.165) is 45.4 Å². The molecule has 1 aliphatic heterocycles. The Kier molecular flexibility index (Phi) is 4.81. The number of hydrogen-bond acceptors (Lipinski definition) is 4. The molecule has 1 amide bonds. The van der Waals surface area contributed by atoms with Gasteiger partial charge in [0.05, 0.1) is 12.1 Å². The highest BCUT2D eigenvalue weighted by molar-refractivity contribution is 5.84. The zero-order valence-corrected chi connectivity index (χ0v) is 11.9. The quantitative estimate of drug-likeness (QED) is 0.777. The van der Waals surface area contributed by atoms with E-state index in [2.05, 4.69) is 11.9 Å². The van der Waals surface area contributed by atoms with Crippen molar-refractivity contribution in [2.45, 2.75) is 50.1 Å². The van der Waals surface area contributed by atoms with Crippen LogP contribution >= 0.6 is 0 Å². The van der Waals surface area contributed by atoms with Gasteiger partial charge in [0.25, 0.3) is 0 Å². The van der Waals surface area contributed by atoms with Crippen molar-refractivity contribution in [3.05, 3.63) is 0 Å². The Labute approximate surface area is 115 Å². The first-order chi connectivity index (χ1) is 9.01. The average Bonchev–Trinajstić information content (AvgIpc) is 2.40. The Morgan fingerprint density at radius 2 is 2.21 bits per heavy atom. The maximum Gasteiger partial charge on any atom is 0.237 e. The summed E-state index contributed by atoms with van der Waals surface area (Å²) < 4.78 is 5.52. The first-order valence-electron chi connectivity index (χ1n) is 7.38. The van der Waals surface area contributed by atoms with Gasteiger partial charge in [0, 0.05) is 19.2 Å². The molecule has 2 rings (SSSR count). The van der Waals surface area contributed by atoms with Crippen molar-refractivity contribution in [3.63, 3.8) is 0 Å². The summed E-state index contributed by atoms with van der Waals surface area (Å²) in [5.41, 5.74) is 10.8. The van der Waals surface area contributed by atoms with Crippen LogP contribution in [0.4, 0.5) is 0 Å². The summed E-state index contributed by atoms with van der Waals surface area (Å²) in [6.45, 7) is 2.79. The third-order valence-corrected chi connectivity index (χ3v) is 4.67. The van der Waals surface area contributed by atoms with E-state index in [4.69, 9.17) is 16.2 Å². The molecule has 0 radical (unpaired) electrons. The number of carbonyl (C=O) groups is 1. The Morgan fingerprint density at radius 3 is 2.84 bits per heavy atom. The van der Waals surface area contributed by atoms with Crippen LogP contribution in [0.5, 0.6) is 0 Å². The monoisotopic (exact) mass is 269 g/mol. The first kappa shape index (κ1) is 14.8. The third kappa shape index (κ3) is 3.68. The Bertz CT molecular complexity index is 318. The van der Waals surface area contributed by atoms with Crippen molar-refractivity contribution in [2.24, 2.45) is 17.4 Å². The Morgan fingerprint density at radius 1 is 1.42 bits per heavy atom. The lowest BCUT2D eigenvalue weighted by atomic mass is 9.78. The zero-order valence-electron chi connectivity index (χ0n) is 11.9. The predicted molar refractivity (Wildman–Crippen MR) is 74.5 cm³/mol. The van der Waals surface area contributed by atoms with Crippen LogP contribution in [0, 0.1) is 5.92 Å². The summed E-state index contributed by atoms with van der Waals surface area (Å²) in [7, 11) is 2.13. The molecule has 1 heterocycles. The van der Waals surface area contributed by atoms with E-state index in [0.29, 0.717) is 18.4 Å². The highest BCUT2D eigenvalue weighted by atomic mass is 16.5. The van der Waals surface area contributed by atoms with E-state index < -0.39 is 5.54 Å². The molecule has 0 bridgehead atoms. The van der Waals surface area contributed by atoms with Gasteiger partial charge in [0.2, 0.25) is 5.91 Å². The van der Waals surface area contributed by atoms with Crippen molar-refractivity contribution in [1.29, 1.82) is 0 Å².